The molecule has 1 aromatic heterocycles. The van der Waals surface area contributed by atoms with Gasteiger partial charge < -0.3 is 25.6 Å². The number of rotatable bonds is 10. The summed E-state index contributed by atoms with van der Waals surface area (Å²) in [5.41, 5.74) is 1.41. The van der Waals surface area contributed by atoms with Gasteiger partial charge in [0.05, 0.1) is 19.7 Å². The van der Waals surface area contributed by atoms with Crippen LogP contribution in [0.15, 0.2) is 53.3 Å². The third-order valence-electron chi connectivity index (χ3n) is 5.50. The fraction of sp³-hybridized carbons (Fsp3) is 0.222. The van der Waals surface area contributed by atoms with Gasteiger partial charge in [-0.05, 0) is 37.3 Å². The predicted molar refractivity (Wildman–Crippen MR) is 151 cm³/mol. The summed E-state index contributed by atoms with van der Waals surface area (Å²) >= 11 is 0.992. The van der Waals surface area contributed by atoms with Crippen molar-refractivity contribution >= 4 is 52.0 Å². The van der Waals surface area contributed by atoms with Crippen LogP contribution < -0.4 is 40.3 Å². The van der Waals surface area contributed by atoms with E-state index in [0.717, 1.165) is 17.0 Å². The quantitative estimate of drug-likeness (QED) is 0.321. The zero-order valence-corrected chi connectivity index (χ0v) is 22.5. The molecule has 2 aromatic carbocycles. The predicted octanol–water partition coefficient (Wildman–Crippen LogP) is 1.18. The van der Waals surface area contributed by atoms with Gasteiger partial charge in [-0.3, -0.25) is 19.0 Å². The lowest BCUT2D eigenvalue weighted by Crippen LogP contribution is -2.34. The molecule has 3 N–H and O–H groups in total. The van der Waals surface area contributed by atoms with E-state index in [1.807, 2.05) is 37.4 Å². The van der Waals surface area contributed by atoms with Gasteiger partial charge in [-0.1, -0.05) is 12.1 Å². The van der Waals surface area contributed by atoms with Crippen molar-refractivity contribution in [1.82, 2.24) is 9.88 Å². The summed E-state index contributed by atoms with van der Waals surface area (Å²) in [4.78, 5) is 39.6. The number of thiazole rings is 1. The molecule has 11 nitrogen and oxygen atoms in total. The van der Waals surface area contributed by atoms with Gasteiger partial charge in [0.25, 0.3) is 11.5 Å². The minimum Gasteiger partial charge on any atom is -0.497 e. The molecule has 3 rings (SSSR count). The highest BCUT2D eigenvalue weighted by Crippen LogP contribution is 2.20. The number of aromatic nitrogens is 1. The fourth-order valence-electron chi connectivity index (χ4n) is 3.59. The molecule has 3 aromatic rings. The van der Waals surface area contributed by atoms with Crippen LogP contribution in [0.4, 0.5) is 17.1 Å². The van der Waals surface area contributed by atoms with Crippen molar-refractivity contribution in [1.29, 1.82) is 10.5 Å². The SMILES string of the molecule is CCn1c(=O)/c(=C\Nc2cccc(NC(=O)CN(C)c3cccc(OC)c3)c2)s/c1=C(/C#N)C(=O)NCC#N. The summed E-state index contributed by atoms with van der Waals surface area (Å²) in [6, 6.07) is 18.0. The molecule has 0 saturated carbocycles. The van der Waals surface area contributed by atoms with Crippen molar-refractivity contribution in [3.63, 3.8) is 0 Å². The summed E-state index contributed by atoms with van der Waals surface area (Å²) in [6.07, 6.45) is 1.49. The molecule has 0 atom stereocenters. The maximum atomic E-state index is 12.9. The smallest absolute Gasteiger partial charge is 0.270 e. The Morgan fingerprint density at radius 1 is 1.15 bits per heavy atom. The van der Waals surface area contributed by atoms with Crippen molar-refractivity contribution in [2.24, 2.45) is 0 Å². The first-order valence-electron chi connectivity index (χ1n) is 11.8. The standard InChI is InChI=1S/C27H27N7O4S/c1-4-34-26(37)23(39-27(34)22(15-29)25(36)30-12-11-28)16-31-18-7-5-8-19(13-18)32-24(35)17-33(2)20-9-6-10-21(14-20)38-3/h5-10,13-14,16,31H,4,12,17H2,1-3H3,(H,30,36)(H,32,35)/b23-16+,27-22-. The van der Waals surface area contributed by atoms with Gasteiger partial charge >= 0.3 is 0 Å². The number of nitrogens with one attached hydrogen (secondary N) is 3. The largest absolute Gasteiger partial charge is 0.497 e. The molecular weight excluding hydrogens is 518 g/mol. The third-order valence-corrected chi connectivity index (χ3v) is 6.63. The summed E-state index contributed by atoms with van der Waals surface area (Å²) in [6.45, 7) is 1.84. The molecular formula is C27H27N7O4S. The van der Waals surface area contributed by atoms with Gasteiger partial charge in [-0.25, -0.2) is 0 Å². The Morgan fingerprint density at radius 2 is 1.90 bits per heavy atom. The summed E-state index contributed by atoms with van der Waals surface area (Å²) in [7, 11) is 3.39. The summed E-state index contributed by atoms with van der Waals surface area (Å²) in [5, 5.41) is 26.4. The Kier molecular flexibility index (Phi) is 9.84. The van der Waals surface area contributed by atoms with Crippen molar-refractivity contribution in [2.45, 2.75) is 13.5 Å². The van der Waals surface area contributed by atoms with Crippen LogP contribution in [-0.4, -0.2) is 43.6 Å². The van der Waals surface area contributed by atoms with Crippen LogP contribution in [-0.2, 0) is 16.1 Å². The van der Waals surface area contributed by atoms with Crippen molar-refractivity contribution < 1.29 is 14.3 Å². The minimum absolute atomic E-state index is 0.116. The highest BCUT2D eigenvalue weighted by molar-refractivity contribution is 7.07. The first-order valence-corrected chi connectivity index (χ1v) is 12.6. The van der Waals surface area contributed by atoms with Crippen LogP contribution in [0.25, 0.3) is 11.8 Å². The molecule has 0 bridgehead atoms. The Labute approximate surface area is 228 Å². The van der Waals surface area contributed by atoms with Crippen LogP contribution in [0.1, 0.15) is 6.92 Å². The molecule has 0 unspecified atom stereocenters. The van der Waals surface area contributed by atoms with E-state index < -0.39 is 5.91 Å². The van der Waals surface area contributed by atoms with Gasteiger partial charge in [-0.2, -0.15) is 10.5 Å². The molecule has 0 fully saturated rings. The zero-order valence-electron chi connectivity index (χ0n) is 21.6. The average Bonchev–Trinajstić information content (AvgIpc) is 3.25. The molecule has 2 amide bonds. The van der Waals surface area contributed by atoms with Crippen molar-refractivity contribution in [3.05, 3.63) is 68.1 Å². The van der Waals surface area contributed by atoms with Gasteiger partial charge in [0.2, 0.25) is 5.91 Å². The number of hydrogen-bond acceptors (Lipinski definition) is 9. The van der Waals surface area contributed by atoms with E-state index in [-0.39, 0.29) is 45.9 Å². The van der Waals surface area contributed by atoms with Crippen molar-refractivity contribution in [3.8, 4) is 17.9 Å². The van der Waals surface area contributed by atoms with Crippen LogP contribution in [0, 0.1) is 22.7 Å². The van der Waals surface area contributed by atoms with Crippen LogP contribution >= 0.6 is 11.3 Å². The normalized spacial score (nSPS) is 11.6. The molecule has 200 valence electrons. The number of nitriles is 2. The maximum absolute atomic E-state index is 12.9. The molecule has 39 heavy (non-hydrogen) atoms. The molecule has 12 heteroatoms. The second-order valence-electron chi connectivity index (χ2n) is 8.12. The monoisotopic (exact) mass is 545 g/mol. The Hall–Kier alpha value is -5.07. The third kappa shape index (κ3) is 7.25. The second kappa shape index (κ2) is 13.5. The second-order valence-corrected chi connectivity index (χ2v) is 9.15. The summed E-state index contributed by atoms with van der Waals surface area (Å²) < 4.78 is 7.05. The van der Waals surface area contributed by atoms with Gasteiger partial charge in [0, 0.05) is 42.9 Å². The average molecular weight is 546 g/mol. The zero-order chi connectivity index (χ0) is 28.4. The fourth-order valence-corrected chi connectivity index (χ4v) is 4.67. The first kappa shape index (κ1) is 28.5. The van der Waals surface area contributed by atoms with E-state index in [4.69, 9.17) is 10.00 Å². The van der Waals surface area contributed by atoms with E-state index >= 15 is 0 Å². The van der Waals surface area contributed by atoms with E-state index in [0.29, 0.717) is 17.1 Å². The maximum Gasteiger partial charge on any atom is 0.270 e. The Balaban J connectivity index is 1.78. The lowest BCUT2D eigenvalue weighted by atomic mass is 10.2. The number of carbonyl (C=O) groups excluding carboxylic acids is 2. The molecule has 0 radical (unpaired) electrons. The minimum atomic E-state index is -0.720. The van der Waals surface area contributed by atoms with Crippen LogP contribution in [0.3, 0.4) is 0 Å². The number of benzene rings is 2. The molecule has 0 spiro atoms. The van der Waals surface area contributed by atoms with Gasteiger partial charge in [-0.15, -0.1) is 11.3 Å². The van der Waals surface area contributed by atoms with Crippen LogP contribution in [0.5, 0.6) is 5.75 Å². The van der Waals surface area contributed by atoms with Gasteiger partial charge in [0.15, 0.2) is 5.57 Å². The number of carbonyl (C=O) groups is 2. The number of amides is 2. The molecule has 0 aliphatic heterocycles. The first-order chi connectivity index (χ1) is 18.8. The lowest BCUT2D eigenvalue weighted by molar-refractivity contribution is -0.116. The number of methoxy groups -OCH3 is 1. The molecule has 1 heterocycles. The number of hydrogen-bond donors (Lipinski definition) is 3. The van der Waals surface area contributed by atoms with Gasteiger partial charge in [0.1, 0.15) is 27.6 Å². The van der Waals surface area contributed by atoms with Crippen LogP contribution in [0.2, 0.25) is 0 Å². The highest BCUT2D eigenvalue weighted by atomic mass is 32.1. The van der Waals surface area contributed by atoms with E-state index in [1.54, 1.807) is 49.3 Å². The van der Waals surface area contributed by atoms with E-state index in [9.17, 15) is 19.6 Å². The van der Waals surface area contributed by atoms with E-state index in [2.05, 4.69) is 16.0 Å². The molecule has 0 aliphatic rings. The van der Waals surface area contributed by atoms with E-state index in [1.165, 1.54) is 10.8 Å². The topological polar surface area (TPSA) is 152 Å². The molecule has 0 saturated heterocycles. The highest BCUT2D eigenvalue weighted by Gasteiger charge is 2.15. The number of ether oxygens (including phenoxy) is 1. The lowest BCUT2D eigenvalue weighted by Gasteiger charge is -2.19. The molecule has 0 aliphatic carbocycles. The van der Waals surface area contributed by atoms with Crippen molar-refractivity contribution in [2.75, 3.05) is 42.8 Å². The number of nitrogens with zero attached hydrogens (tertiary/aromatic N) is 4. The Bertz CT molecular complexity index is 1630. The Morgan fingerprint density at radius 3 is 2.59 bits per heavy atom. The number of likely N-dealkylation sites (N-methyl/N-ethyl adjacent to an activating group) is 1. The number of anilines is 3. The summed E-state index contributed by atoms with van der Waals surface area (Å²) in [5.74, 6) is -0.241.